The average molecular weight is 815 g/mol. The van der Waals surface area contributed by atoms with Gasteiger partial charge in [-0.25, -0.2) is 0 Å². The van der Waals surface area contributed by atoms with E-state index in [-0.39, 0.29) is 0 Å². The van der Waals surface area contributed by atoms with E-state index in [1.54, 1.807) is 0 Å². The van der Waals surface area contributed by atoms with Gasteiger partial charge in [0.05, 0.1) is 44.1 Å². The highest BCUT2D eigenvalue weighted by Gasteiger charge is 2.20. The van der Waals surface area contributed by atoms with Crippen molar-refractivity contribution < 1.29 is 0 Å². The maximum atomic E-state index is 2.44. The lowest BCUT2D eigenvalue weighted by molar-refractivity contribution is 1.16. The summed E-state index contributed by atoms with van der Waals surface area (Å²) >= 11 is 0. The van der Waals surface area contributed by atoms with Gasteiger partial charge in [0, 0.05) is 65.8 Å². The van der Waals surface area contributed by atoms with Gasteiger partial charge in [-0.05, 0) is 120 Å². The van der Waals surface area contributed by atoms with Crippen molar-refractivity contribution in [3.05, 3.63) is 231 Å². The summed E-state index contributed by atoms with van der Waals surface area (Å²) in [5.74, 6) is 0. The Labute approximate surface area is 368 Å². The van der Waals surface area contributed by atoms with E-state index in [2.05, 4.69) is 249 Å². The van der Waals surface area contributed by atoms with Gasteiger partial charge in [0.25, 0.3) is 0 Å². The third-order valence-corrected chi connectivity index (χ3v) is 13.5. The summed E-state index contributed by atoms with van der Waals surface area (Å²) < 4.78 is 9.64. The van der Waals surface area contributed by atoms with Crippen molar-refractivity contribution in [2.75, 3.05) is 0 Å². The van der Waals surface area contributed by atoms with Crippen LogP contribution in [0.15, 0.2) is 231 Å². The van der Waals surface area contributed by atoms with Gasteiger partial charge in [-0.2, -0.15) is 0 Å². The highest BCUT2D eigenvalue weighted by molar-refractivity contribution is 6.15. The minimum absolute atomic E-state index is 1.15. The molecule has 0 radical (unpaired) electrons. The molecular weight excluding hydrogens is 777 g/mol. The molecule has 14 aromatic rings. The normalized spacial score (nSPS) is 12.1. The van der Waals surface area contributed by atoms with E-state index < -0.39 is 0 Å². The molecule has 0 N–H and O–H groups in total. The SMILES string of the molecule is c1ccc(-n2c3ccccc3c3cc(-n4c5ccccc5c5cc(-c6ccc7c(c6)c6ccccc6n7-c6ccc7c(c6)c6ccccc6n7-c6ccccc6)ccc54)ccc32)cc1. The largest absolute Gasteiger partial charge is 0.309 e. The van der Waals surface area contributed by atoms with Crippen LogP contribution in [-0.4, -0.2) is 18.3 Å². The predicted molar refractivity (Wildman–Crippen MR) is 269 cm³/mol. The molecule has 4 nitrogen and oxygen atoms in total. The molecule has 0 aliphatic heterocycles. The molecular formula is C60H38N4. The van der Waals surface area contributed by atoms with Gasteiger partial charge >= 0.3 is 0 Å². The van der Waals surface area contributed by atoms with Crippen LogP contribution in [0.25, 0.3) is 121 Å². The first kappa shape index (κ1) is 35.0. The Morgan fingerprint density at radius 3 is 0.797 bits per heavy atom. The predicted octanol–water partition coefficient (Wildman–Crippen LogP) is 15.7. The number of benzene rings is 10. The van der Waals surface area contributed by atoms with E-state index in [9.17, 15) is 0 Å². The van der Waals surface area contributed by atoms with Gasteiger partial charge in [-0.3, -0.25) is 0 Å². The van der Waals surface area contributed by atoms with Crippen LogP contribution in [0.1, 0.15) is 0 Å². The van der Waals surface area contributed by atoms with Crippen LogP contribution in [0.4, 0.5) is 0 Å². The number of aromatic nitrogens is 4. The molecule has 0 bridgehead atoms. The van der Waals surface area contributed by atoms with Gasteiger partial charge in [0.2, 0.25) is 0 Å². The smallest absolute Gasteiger partial charge is 0.0542 e. The van der Waals surface area contributed by atoms with Crippen molar-refractivity contribution in [3.8, 4) is 33.9 Å². The Bertz CT molecular complexity index is 3910. The number of para-hydroxylation sites is 6. The molecule has 14 rings (SSSR count). The van der Waals surface area contributed by atoms with Crippen LogP contribution < -0.4 is 0 Å². The summed E-state index contributed by atoms with van der Waals surface area (Å²) in [5, 5.41) is 9.95. The summed E-state index contributed by atoms with van der Waals surface area (Å²) in [5.41, 5.74) is 16.6. The summed E-state index contributed by atoms with van der Waals surface area (Å²) in [6.07, 6.45) is 0. The summed E-state index contributed by atoms with van der Waals surface area (Å²) in [6, 6.07) is 84.4. The van der Waals surface area contributed by atoms with Crippen LogP contribution >= 0.6 is 0 Å². The lowest BCUT2D eigenvalue weighted by Gasteiger charge is -2.11. The lowest BCUT2D eigenvalue weighted by Crippen LogP contribution is -1.95. The molecule has 0 aliphatic carbocycles. The highest BCUT2D eigenvalue weighted by atomic mass is 15.0. The number of hydrogen-bond acceptors (Lipinski definition) is 0. The Balaban J connectivity index is 0.917. The topological polar surface area (TPSA) is 19.7 Å². The Morgan fingerprint density at radius 2 is 0.438 bits per heavy atom. The van der Waals surface area contributed by atoms with Gasteiger partial charge < -0.3 is 18.3 Å². The Hall–Kier alpha value is -8.60. The maximum absolute atomic E-state index is 2.44. The van der Waals surface area contributed by atoms with Crippen molar-refractivity contribution >= 4 is 87.2 Å². The second-order valence-corrected chi connectivity index (χ2v) is 16.9. The summed E-state index contributed by atoms with van der Waals surface area (Å²) in [7, 11) is 0. The van der Waals surface area contributed by atoms with Gasteiger partial charge in [-0.15, -0.1) is 0 Å². The maximum Gasteiger partial charge on any atom is 0.0542 e. The quantitative estimate of drug-likeness (QED) is 0.165. The second kappa shape index (κ2) is 13.4. The first-order valence-electron chi connectivity index (χ1n) is 22.0. The van der Waals surface area contributed by atoms with E-state index in [0.29, 0.717) is 0 Å². The Kier molecular flexibility index (Phi) is 7.36. The molecule has 0 fully saturated rings. The van der Waals surface area contributed by atoms with Crippen LogP contribution in [0.3, 0.4) is 0 Å². The fourth-order valence-corrected chi connectivity index (χ4v) is 10.8. The second-order valence-electron chi connectivity index (χ2n) is 16.9. The van der Waals surface area contributed by atoms with Crippen molar-refractivity contribution in [1.29, 1.82) is 0 Å². The lowest BCUT2D eigenvalue weighted by atomic mass is 10.0. The highest BCUT2D eigenvalue weighted by Crippen LogP contribution is 2.41. The minimum atomic E-state index is 1.15. The van der Waals surface area contributed by atoms with Gasteiger partial charge in [0.1, 0.15) is 0 Å². The molecule has 0 atom stereocenters. The van der Waals surface area contributed by atoms with Crippen LogP contribution in [0.2, 0.25) is 0 Å². The fraction of sp³-hybridized carbons (Fsp3) is 0. The van der Waals surface area contributed by atoms with E-state index in [0.717, 1.165) is 11.4 Å². The molecule has 4 heterocycles. The van der Waals surface area contributed by atoms with Crippen LogP contribution in [0, 0.1) is 0 Å². The first-order valence-corrected chi connectivity index (χ1v) is 22.0. The minimum Gasteiger partial charge on any atom is -0.309 e. The molecule has 64 heavy (non-hydrogen) atoms. The molecule has 4 heteroatoms. The zero-order valence-electron chi connectivity index (χ0n) is 34.7. The van der Waals surface area contributed by atoms with Crippen molar-refractivity contribution in [1.82, 2.24) is 18.3 Å². The van der Waals surface area contributed by atoms with E-state index in [1.165, 1.54) is 110 Å². The monoisotopic (exact) mass is 814 g/mol. The number of hydrogen-bond donors (Lipinski definition) is 0. The standard InChI is InChI=1S/C60H38N4/c1-3-15-41(16-4-1)61-53-23-11-9-21-47(53)51-37-43(29-33-59(51)61)63-55-25-13-7-19-45(55)49-35-39(27-31-57(49)63)40-28-32-58-50(36-40)46-20-8-14-26-56(46)64(58)44-30-34-60-52(38-44)48-22-10-12-24-54(48)62(60)42-17-5-2-6-18-42/h1-38H. The van der Waals surface area contributed by atoms with Crippen LogP contribution in [-0.2, 0) is 0 Å². The fourth-order valence-electron chi connectivity index (χ4n) is 10.8. The van der Waals surface area contributed by atoms with Crippen molar-refractivity contribution in [2.24, 2.45) is 0 Å². The van der Waals surface area contributed by atoms with E-state index in [4.69, 9.17) is 0 Å². The number of nitrogens with zero attached hydrogens (tertiary/aromatic N) is 4. The molecule has 298 valence electrons. The molecule has 0 saturated heterocycles. The summed E-state index contributed by atoms with van der Waals surface area (Å²) in [4.78, 5) is 0. The molecule has 0 aliphatic rings. The van der Waals surface area contributed by atoms with E-state index >= 15 is 0 Å². The average Bonchev–Trinajstić information content (AvgIpc) is 4.09. The molecule has 0 spiro atoms. The molecule has 4 aromatic heterocycles. The Morgan fingerprint density at radius 1 is 0.172 bits per heavy atom. The van der Waals surface area contributed by atoms with E-state index in [1.807, 2.05) is 0 Å². The summed E-state index contributed by atoms with van der Waals surface area (Å²) in [6.45, 7) is 0. The molecule has 0 unspecified atom stereocenters. The zero-order chi connectivity index (χ0) is 41.9. The molecule has 10 aromatic carbocycles. The van der Waals surface area contributed by atoms with Crippen molar-refractivity contribution in [2.45, 2.75) is 0 Å². The third-order valence-electron chi connectivity index (χ3n) is 13.5. The first-order chi connectivity index (χ1) is 31.8. The third kappa shape index (κ3) is 4.99. The molecule has 0 amide bonds. The van der Waals surface area contributed by atoms with Crippen LogP contribution in [0.5, 0.6) is 0 Å². The zero-order valence-corrected chi connectivity index (χ0v) is 34.7. The van der Waals surface area contributed by atoms with Crippen molar-refractivity contribution in [3.63, 3.8) is 0 Å². The van der Waals surface area contributed by atoms with Gasteiger partial charge in [0.15, 0.2) is 0 Å². The number of rotatable bonds is 5. The number of fused-ring (bicyclic) bond motifs is 12. The molecule has 0 saturated carbocycles. The van der Waals surface area contributed by atoms with Gasteiger partial charge in [-0.1, -0.05) is 121 Å².